The Labute approximate surface area is 154 Å². The Morgan fingerprint density at radius 3 is 2.60 bits per heavy atom. The molecule has 1 fully saturated rings. The lowest BCUT2D eigenvalue weighted by Gasteiger charge is -2.36. The molecule has 1 aliphatic rings. The van der Waals surface area contributed by atoms with Crippen molar-refractivity contribution < 1.29 is 0 Å². The Hall–Kier alpha value is -1.86. The van der Waals surface area contributed by atoms with Crippen LogP contribution in [0.15, 0.2) is 22.5 Å². The van der Waals surface area contributed by atoms with E-state index in [0.29, 0.717) is 0 Å². The molecule has 136 valence electrons. The largest absolute Gasteiger partial charge is 0.352 e. The number of aromatic nitrogens is 2. The molecule has 0 unspecified atom stereocenters. The zero-order valence-electron chi connectivity index (χ0n) is 15.6. The van der Waals surface area contributed by atoms with E-state index in [9.17, 15) is 0 Å². The molecule has 1 N–H and O–H groups in total. The second-order valence-electron chi connectivity index (χ2n) is 6.52. The molecular weight excluding hydrogens is 332 g/mol. The summed E-state index contributed by atoms with van der Waals surface area (Å²) in [7, 11) is 3.86. The van der Waals surface area contributed by atoms with Crippen LogP contribution in [-0.4, -0.2) is 58.8 Å². The molecule has 1 aliphatic heterocycles. The summed E-state index contributed by atoms with van der Waals surface area (Å²) in [6.07, 6.45) is 0. The van der Waals surface area contributed by atoms with E-state index in [4.69, 9.17) is 0 Å². The summed E-state index contributed by atoms with van der Waals surface area (Å²) in [6, 6.07) is 4.35. The van der Waals surface area contributed by atoms with Gasteiger partial charge in [-0.15, -0.1) is 11.3 Å². The minimum absolute atomic E-state index is 0.771. The molecule has 0 aromatic carbocycles. The first-order chi connectivity index (χ1) is 12.1. The molecule has 0 aliphatic carbocycles. The predicted molar refractivity (Wildman–Crippen MR) is 104 cm³/mol. The van der Waals surface area contributed by atoms with Gasteiger partial charge < -0.3 is 10.2 Å². The molecule has 6 nitrogen and oxygen atoms in total. The van der Waals surface area contributed by atoms with Crippen LogP contribution in [0.5, 0.6) is 0 Å². The molecule has 0 bridgehead atoms. The normalized spacial score (nSPS) is 16.5. The van der Waals surface area contributed by atoms with Gasteiger partial charge in [-0.2, -0.15) is 5.10 Å². The van der Waals surface area contributed by atoms with Gasteiger partial charge >= 0.3 is 0 Å². The molecule has 0 amide bonds. The number of thiophene rings is 1. The number of piperazine rings is 1. The highest BCUT2D eigenvalue weighted by Crippen LogP contribution is 2.14. The minimum atomic E-state index is 0.771. The van der Waals surface area contributed by atoms with Crippen molar-refractivity contribution in [3.8, 4) is 0 Å². The van der Waals surface area contributed by atoms with Crippen molar-refractivity contribution in [2.24, 2.45) is 12.0 Å². The first-order valence-corrected chi connectivity index (χ1v) is 9.66. The Bertz CT molecular complexity index is 710. The molecule has 1 saturated heterocycles. The van der Waals surface area contributed by atoms with Crippen LogP contribution in [-0.2, 0) is 20.1 Å². The van der Waals surface area contributed by atoms with Crippen molar-refractivity contribution in [2.75, 3.05) is 33.2 Å². The molecule has 0 saturated carbocycles. The van der Waals surface area contributed by atoms with Crippen molar-refractivity contribution in [2.45, 2.75) is 26.9 Å². The molecule has 3 heterocycles. The highest BCUT2D eigenvalue weighted by atomic mass is 32.1. The van der Waals surface area contributed by atoms with E-state index in [1.165, 1.54) is 16.1 Å². The smallest absolute Gasteiger partial charge is 0.194 e. The highest BCUT2D eigenvalue weighted by Gasteiger charge is 2.20. The van der Waals surface area contributed by atoms with Crippen LogP contribution in [0.2, 0.25) is 0 Å². The third-order valence-electron chi connectivity index (χ3n) is 4.93. The summed E-state index contributed by atoms with van der Waals surface area (Å²) in [6.45, 7) is 10.2. The molecule has 0 spiro atoms. The van der Waals surface area contributed by atoms with E-state index < -0.39 is 0 Å². The maximum atomic E-state index is 4.49. The quantitative estimate of drug-likeness (QED) is 0.669. The second kappa shape index (κ2) is 8.01. The molecule has 3 rings (SSSR count). The fourth-order valence-corrected chi connectivity index (χ4v) is 4.06. The van der Waals surface area contributed by atoms with E-state index in [1.807, 2.05) is 30.1 Å². The Balaban J connectivity index is 1.52. The summed E-state index contributed by atoms with van der Waals surface area (Å²) >= 11 is 1.84. The standard InChI is InChI=1S/C18H28N6S/c1-14-17(15(2)22(4)21-14)12-20-18(19-3)24-9-7-23(8-10-24)13-16-6-5-11-25-16/h5-6,11H,7-10,12-13H2,1-4H3,(H,19,20). The lowest BCUT2D eigenvalue weighted by atomic mass is 10.2. The van der Waals surface area contributed by atoms with E-state index >= 15 is 0 Å². The fraction of sp³-hybridized carbons (Fsp3) is 0.556. The maximum Gasteiger partial charge on any atom is 0.194 e. The highest BCUT2D eigenvalue weighted by molar-refractivity contribution is 7.09. The monoisotopic (exact) mass is 360 g/mol. The molecule has 25 heavy (non-hydrogen) atoms. The lowest BCUT2D eigenvalue weighted by Crippen LogP contribution is -2.52. The van der Waals surface area contributed by atoms with Crippen molar-refractivity contribution in [1.82, 2.24) is 24.9 Å². The average molecular weight is 361 g/mol. The van der Waals surface area contributed by atoms with Crippen molar-refractivity contribution >= 4 is 17.3 Å². The van der Waals surface area contributed by atoms with Crippen LogP contribution in [0.25, 0.3) is 0 Å². The fourth-order valence-electron chi connectivity index (χ4n) is 3.31. The zero-order valence-corrected chi connectivity index (χ0v) is 16.4. The van der Waals surface area contributed by atoms with Crippen LogP contribution >= 0.6 is 11.3 Å². The topological polar surface area (TPSA) is 48.7 Å². The Morgan fingerprint density at radius 1 is 1.28 bits per heavy atom. The molecule has 7 heteroatoms. The number of nitrogens with one attached hydrogen (secondary N) is 1. The van der Waals surface area contributed by atoms with Gasteiger partial charge in [0.1, 0.15) is 0 Å². The first kappa shape index (κ1) is 17.9. The molecular formula is C18H28N6S. The van der Waals surface area contributed by atoms with Crippen molar-refractivity contribution in [1.29, 1.82) is 0 Å². The van der Waals surface area contributed by atoms with Gasteiger partial charge in [-0.1, -0.05) is 6.07 Å². The van der Waals surface area contributed by atoms with Gasteiger partial charge in [0.15, 0.2) is 5.96 Å². The lowest BCUT2D eigenvalue weighted by molar-refractivity contribution is 0.173. The summed E-state index contributed by atoms with van der Waals surface area (Å²) in [5, 5.41) is 10.2. The van der Waals surface area contributed by atoms with Gasteiger partial charge in [0.25, 0.3) is 0 Å². The average Bonchev–Trinajstić information content (AvgIpc) is 3.20. The number of hydrogen-bond donors (Lipinski definition) is 1. The zero-order chi connectivity index (χ0) is 17.8. The molecule has 0 radical (unpaired) electrons. The van der Waals surface area contributed by atoms with Gasteiger partial charge in [-0.05, 0) is 25.3 Å². The molecule has 0 atom stereocenters. The molecule has 2 aromatic heterocycles. The van der Waals surface area contributed by atoms with Gasteiger partial charge in [-0.25, -0.2) is 0 Å². The maximum absolute atomic E-state index is 4.49. The number of rotatable bonds is 4. The Kier molecular flexibility index (Phi) is 5.75. The van der Waals surface area contributed by atoms with Gasteiger partial charge in [0, 0.05) is 69.5 Å². The number of nitrogens with zero attached hydrogens (tertiary/aromatic N) is 5. The summed E-state index contributed by atoms with van der Waals surface area (Å²) in [4.78, 5) is 10.8. The second-order valence-corrected chi connectivity index (χ2v) is 7.55. The van der Waals surface area contributed by atoms with Crippen LogP contribution in [0, 0.1) is 13.8 Å². The third kappa shape index (κ3) is 4.22. The summed E-state index contributed by atoms with van der Waals surface area (Å²) in [5.74, 6) is 0.985. The first-order valence-electron chi connectivity index (χ1n) is 8.78. The van der Waals surface area contributed by atoms with Crippen molar-refractivity contribution in [3.63, 3.8) is 0 Å². The van der Waals surface area contributed by atoms with Crippen LogP contribution < -0.4 is 5.32 Å². The van der Waals surface area contributed by atoms with Crippen LogP contribution in [0.4, 0.5) is 0 Å². The van der Waals surface area contributed by atoms with Crippen molar-refractivity contribution in [3.05, 3.63) is 39.3 Å². The van der Waals surface area contributed by atoms with Crippen LogP contribution in [0.3, 0.4) is 0 Å². The van der Waals surface area contributed by atoms with Gasteiger partial charge in [0.05, 0.1) is 5.69 Å². The van der Waals surface area contributed by atoms with E-state index in [2.05, 4.69) is 56.6 Å². The number of aryl methyl sites for hydroxylation is 2. The minimum Gasteiger partial charge on any atom is -0.352 e. The van der Waals surface area contributed by atoms with Gasteiger partial charge in [-0.3, -0.25) is 14.6 Å². The van der Waals surface area contributed by atoms with E-state index in [0.717, 1.165) is 50.9 Å². The molecule has 2 aromatic rings. The summed E-state index contributed by atoms with van der Waals surface area (Å²) in [5.41, 5.74) is 3.56. The number of aliphatic imine (C=N–C) groups is 1. The van der Waals surface area contributed by atoms with E-state index in [-0.39, 0.29) is 0 Å². The number of hydrogen-bond acceptors (Lipinski definition) is 4. The van der Waals surface area contributed by atoms with Crippen LogP contribution in [0.1, 0.15) is 21.8 Å². The third-order valence-corrected chi connectivity index (χ3v) is 5.79. The Morgan fingerprint density at radius 2 is 2.04 bits per heavy atom. The van der Waals surface area contributed by atoms with Gasteiger partial charge in [0.2, 0.25) is 0 Å². The SMILES string of the molecule is CN=C(NCc1c(C)nn(C)c1C)N1CCN(Cc2cccs2)CC1. The summed E-state index contributed by atoms with van der Waals surface area (Å²) < 4.78 is 1.94. The predicted octanol–water partition coefficient (Wildman–Crippen LogP) is 1.99. The number of guanidine groups is 1. The van der Waals surface area contributed by atoms with E-state index in [1.54, 1.807) is 0 Å².